The molecule has 2 rings (SSSR count). The number of piperidine rings is 1. The summed E-state index contributed by atoms with van der Waals surface area (Å²) in [6, 6.07) is -0.308. The molecular formula is C16H23N3O3. The summed E-state index contributed by atoms with van der Waals surface area (Å²) in [4.78, 5) is 26.0. The molecule has 0 bridgehead atoms. The largest absolute Gasteiger partial charge is 0.461 e. The van der Waals surface area contributed by atoms with Crippen molar-refractivity contribution < 1.29 is 14.3 Å². The third-order valence-electron chi connectivity index (χ3n) is 3.95. The molecule has 0 aliphatic carbocycles. The number of likely N-dealkylation sites (tertiary alicyclic amines) is 1. The zero-order chi connectivity index (χ0) is 16.1. The Morgan fingerprint density at radius 1 is 1.45 bits per heavy atom. The lowest BCUT2D eigenvalue weighted by molar-refractivity contribution is -0.155. The van der Waals surface area contributed by atoms with Crippen LogP contribution in [0, 0.1) is 5.92 Å². The number of rotatable bonds is 5. The maximum Gasteiger partial charge on any atom is 0.311 e. The molecule has 120 valence electrons. The molecular weight excluding hydrogens is 282 g/mol. The Bertz CT molecular complexity index is 565. The molecule has 0 saturated carbocycles. The fourth-order valence-electron chi connectivity index (χ4n) is 2.81. The van der Waals surface area contributed by atoms with Crippen LogP contribution >= 0.6 is 0 Å². The van der Waals surface area contributed by atoms with Gasteiger partial charge in [0.25, 0.3) is 0 Å². The maximum atomic E-state index is 12.4. The SMILES string of the molecule is CC/C=C/COC(=O)C1CCC(=O)N(C)C1c1cnn(C)c1. The van der Waals surface area contributed by atoms with Crippen molar-refractivity contribution in [1.82, 2.24) is 14.7 Å². The summed E-state index contributed by atoms with van der Waals surface area (Å²) < 4.78 is 7.01. The minimum absolute atomic E-state index is 0.0452. The molecule has 6 heteroatoms. The van der Waals surface area contributed by atoms with Crippen molar-refractivity contribution in [2.45, 2.75) is 32.2 Å². The Morgan fingerprint density at radius 2 is 2.23 bits per heavy atom. The number of hydrogen-bond acceptors (Lipinski definition) is 4. The molecule has 2 unspecified atom stereocenters. The topological polar surface area (TPSA) is 64.4 Å². The zero-order valence-electron chi connectivity index (χ0n) is 13.4. The van der Waals surface area contributed by atoms with Crippen LogP contribution in [0.25, 0.3) is 0 Å². The minimum atomic E-state index is -0.345. The Kier molecular flexibility index (Phi) is 5.35. The summed E-state index contributed by atoms with van der Waals surface area (Å²) in [6.45, 7) is 2.30. The summed E-state index contributed by atoms with van der Waals surface area (Å²) in [7, 11) is 3.55. The van der Waals surface area contributed by atoms with E-state index in [0.717, 1.165) is 12.0 Å². The first-order valence-corrected chi connectivity index (χ1v) is 7.60. The van der Waals surface area contributed by atoms with E-state index in [1.807, 2.05) is 32.3 Å². The van der Waals surface area contributed by atoms with Crippen LogP contribution in [0.4, 0.5) is 0 Å². The summed E-state index contributed by atoms with van der Waals surface area (Å²) in [6.07, 6.45) is 9.15. The highest BCUT2D eigenvalue weighted by atomic mass is 16.5. The summed E-state index contributed by atoms with van der Waals surface area (Å²) in [5.74, 6) is -0.556. The highest BCUT2D eigenvalue weighted by Crippen LogP contribution is 2.36. The molecule has 0 N–H and O–H groups in total. The van der Waals surface area contributed by atoms with E-state index in [9.17, 15) is 9.59 Å². The van der Waals surface area contributed by atoms with E-state index in [1.54, 1.807) is 22.8 Å². The van der Waals surface area contributed by atoms with Crippen LogP contribution in [-0.4, -0.2) is 40.2 Å². The van der Waals surface area contributed by atoms with Crippen LogP contribution in [-0.2, 0) is 21.4 Å². The van der Waals surface area contributed by atoms with Gasteiger partial charge >= 0.3 is 5.97 Å². The molecule has 6 nitrogen and oxygen atoms in total. The van der Waals surface area contributed by atoms with Gasteiger partial charge in [-0.3, -0.25) is 14.3 Å². The fraction of sp³-hybridized carbons (Fsp3) is 0.562. The molecule has 1 aliphatic rings. The number of nitrogens with zero attached hydrogens (tertiary/aromatic N) is 3. The minimum Gasteiger partial charge on any atom is -0.461 e. The number of carbonyl (C=O) groups is 2. The van der Waals surface area contributed by atoms with E-state index < -0.39 is 0 Å². The Labute approximate surface area is 130 Å². The lowest BCUT2D eigenvalue weighted by atomic mass is 9.86. The van der Waals surface area contributed by atoms with Gasteiger partial charge < -0.3 is 9.64 Å². The first-order valence-electron chi connectivity index (χ1n) is 7.60. The van der Waals surface area contributed by atoms with Crippen LogP contribution in [0.1, 0.15) is 37.8 Å². The van der Waals surface area contributed by atoms with E-state index in [-0.39, 0.29) is 30.4 Å². The van der Waals surface area contributed by atoms with Gasteiger partial charge in [0.05, 0.1) is 18.2 Å². The molecule has 0 aromatic carbocycles. The number of allylic oxidation sites excluding steroid dienone is 1. The molecule has 1 amide bonds. The van der Waals surface area contributed by atoms with Gasteiger partial charge in [-0.25, -0.2) is 0 Å². The molecule has 22 heavy (non-hydrogen) atoms. The van der Waals surface area contributed by atoms with Crippen molar-refractivity contribution >= 4 is 11.9 Å². The summed E-state index contributed by atoms with van der Waals surface area (Å²) in [5, 5.41) is 4.15. The average molecular weight is 305 g/mol. The first-order chi connectivity index (χ1) is 10.5. The van der Waals surface area contributed by atoms with Crippen molar-refractivity contribution in [3.8, 4) is 0 Å². The predicted octanol–water partition coefficient (Wildman–Crippen LogP) is 1.84. The first kappa shape index (κ1) is 16.3. The molecule has 0 spiro atoms. The van der Waals surface area contributed by atoms with Gasteiger partial charge in [-0.1, -0.05) is 19.1 Å². The third kappa shape index (κ3) is 3.55. The normalized spacial score (nSPS) is 22.3. The van der Waals surface area contributed by atoms with Gasteiger partial charge in [-0.15, -0.1) is 0 Å². The molecule has 2 heterocycles. The zero-order valence-corrected chi connectivity index (χ0v) is 13.4. The van der Waals surface area contributed by atoms with Crippen molar-refractivity contribution in [3.63, 3.8) is 0 Å². The second-order valence-electron chi connectivity index (χ2n) is 5.55. The molecule has 1 saturated heterocycles. The van der Waals surface area contributed by atoms with Crippen LogP contribution in [0.2, 0.25) is 0 Å². The van der Waals surface area contributed by atoms with Gasteiger partial charge in [-0.05, 0) is 12.8 Å². The monoisotopic (exact) mass is 305 g/mol. The van der Waals surface area contributed by atoms with Gasteiger partial charge in [-0.2, -0.15) is 5.10 Å². The van der Waals surface area contributed by atoms with Crippen molar-refractivity contribution in [2.24, 2.45) is 13.0 Å². The van der Waals surface area contributed by atoms with Crippen LogP contribution in [0.3, 0.4) is 0 Å². The quantitative estimate of drug-likeness (QED) is 0.615. The molecule has 0 radical (unpaired) electrons. The standard InChI is InChI=1S/C16H23N3O3/c1-4-5-6-9-22-16(21)13-7-8-14(20)19(3)15(13)12-10-17-18(2)11-12/h5-6,10-11,13,15H,4,7-9H2,1-3H3/b6-5+. The van der Waals surface area contributed by atoms with E-state index >= 15 is 0 Å². The van der Waals surface area contributed by atoms with Gasteiger partial charge in [0, 0.05) is 32.3 Å². The summed E-state index contributed by atoms with van der Waals surface area (Å²) >= 11 is 0. The number of ether oxygens (including phenoxy) is 1. The van der Waals surface area contributed by atoms with Crippen LogP contribution < -0.4 is 0 Å². The summed E-state index contributed by atoms with van der Waals surface area (Å²) in [5.41, 5.74) is 0.865. The lowest BCUT2D eigenvalue weighted by Crippen LogP contribution is -2.43. The number of hydrogen-bond donors (Lipinski definition) is 0. The maximum absolute atomic E-state index is 12.4. The Morgan fingerprint density at radius 3 is 2.86 bits per heavy atom. The smallest absolute Gasteiger partial charge is 0.311 e. The number of amides is 1. The molecule has 1 aromatic rings. The fourth-order valence-corrected chi connectivity index (χ4v) is 2.81. The number of carbonyl (C=O) groups excluding carboxylic acids is 2. The highest BCUT2D eigenvalue weighted by Gasteiger charge is 2.40. The van der Waals surface area contributed by atoms with E-state index in [2.05, 4.69) is 5.10 Å². The number of aromatic nitrogens is 2. The second kappa shape index (κ2) is 7.24. The van der Waals surface area contributed by atoms with Crippen LogP contribution in [0.15, 0.2) is 24.5 Å². The number of aryl methyl sites for hydroxylation is 1. The van der Waals surface area contributed by atoms with Crippen molar-refractivity contribution in [3.05, 3.63) is 30.1 Å². The van der Waals surface area contributed by atoms with E-state index in [0.29, 0.717) is 12.8 Å². The van der Waals surface area contributed by atoms with Crippen molar-refractivity contribution in [1.29, 1.82) is 0 Å². The average Bonchev–Trinajstić information content (AvgIpc) is 2.92. The van der Waals surface area contributed by atoms with Gasteiger partial charge in [0.2, 0.25) is 5.91 Å². The second-order valence-corrected chi connectivity index (χ2v) is 5.55. The lowest BCUT2D eigenvalue weighted by Gasteiger charge is -2.37. The van der Waals surface area contributed by atoms with E-state index in [4.69, 9.17) is 4.74 Å². The highest BCUT2D eigenvalue weighted by molar-refractivity contribution is 5.82. The third-order valence-corrected chi connectivity index (χ3v) is 3.95. The molecule has 1 aromatic heterocycles. The van der Waals surface area contributed by atoms with Crippen LogP contribution in [0.5, 0.6) is 0 Å². The van der Waals surface area contributed by atoms with Gasteiger partial charge in [0.15, 0.2) is 0 Å². The Balaban J connectivity index is 2.14. The molecule has 1 fully saturated rings. The van der Waals surface area contributed by atoms with E-state index in [1.165, 1.54) is 0 Å². The Hall–Kier alpha value is -2.11. The van der Waals surface area contributed by atoms with Crippen molar-refractivity contribution in [2.75, 3.05) is 13.7 Å². The van der Waals surface area contributed by atoms with Gasteiger partial charge in [0.1, 0.15) is 6.61 Å². The number of esters is 1. The molecule has 1 aliphatic heterocycles. The molecule has 2 atom stereocenters. The predicted molar refractivity (Wildman–Crippen MR) is 81.8 cm³/mol.